The van der Waals surface area contributed by atoms with E-state index in [1.165, 1.54) is 4.31 Å². The maximum atomic E-state index is 12.8. The summed E-state index contributed by atoms with van der Waals surface area (Å²) in [6, 6.07) is 12.9. The molecule has 1 aliphatic rings. The molecule has 0 spiro atoms. The molecule has 4 rings (SSSR count). The highest BCUT2D eigenvalue weighted by molar-refractivity contribution is 7.89. The zero-order chi connectivity index (χ0) is 15.2. The average Bonchev–Trinajstić information content (AvgIpc) is 2.98. The number of nitrogens with zero attached hydrogens (tertiary/aromatic N) is 4. The van der Waals surface area contributed by atoms with Gasteiger partial charge in [-0.2, -0.15) is 19.3 Å². The highest BCUT2D eigenvalue weighted by Crippen LogP contribution is 2.31. The molecule has 0 bridgehead atoms. The van der Waals surface area contributed by atoms with Gasteiger partial charge in [-0.15, -0.1) is 0 Å². The minimum Gasteiger partial charge on any atom is -0.207 e. The van der Waals surface area contributed by atoms with Gasteiger partial charge in [0.2, 0.25) is 10.0 Å². The van der Waals surface area contributed by atoms with Gasteiger partial charge in [0.15, 0.2) is 0 Å². The van der Waals surface area contributed by atoms with Crippen LogP contribution in [0.3, 0.4) is 0 Å². The number of aromatic nitrogens is 3. The maximum absolute atomic E-state index is 12.8. The largest absolute Gasteiger partial charge is 0.243 e. The van der Waals surface area contributed by atoms with Crippen molar-refractivity contribution in [3.05, 3.63) is 54.9 Å². The summed E-state index contributed by atoms with van der Waals surface area (Å²) >= 11 is 0. The molecule has 0 unspecified atom stereocenters. The highest BCUT2D eigenvalue weighted by atomic mass is 32.2. The number of benzene rings is 2. The van der Waals surface area contributed by atoms with Crippen molar-refractivity contribution in [3.63, 3.8) is 0 Å². The smallest absolute Gasteiger partial charge is 0.207 e. The van der Waals surface area contributed by atoms with E-state index in [4.69, 9.17) is 0 Å². The minimum absolute atomic E-state index is 0.0137. The predicted molar refractivity (Wildman–Crippen MR) is 81.8 cm³/mol. The maximum Gasteiger partial charge on any atom is 0.243 e. The van der Waals surface area contributed by atoms with E-state index in [0.717, 1.165) is 10.8 Å². The Balaban J connectivity index is 1.67. The Morgan fingerprint density at radius 2 is 1.64 bits per heavy atom. The molecule has 1 fully saturated rings. The summed E-state index contributed by atoms with van der Waals surface area (Å²) in [6.45, 7) is 0.806. The normalized spacial score (nSPS) is 16.7. The van der Waals surface area contributed by atoms with Crippen molar-refractivity contribution in [2.75, 3.05) is 13.1 Å². The Hall–Kier alpha value is -2.25. The van der Waals surface area contributed by atoms with Gasteiger partial charge in [-0.05, 0) is 11.5 Å². The summed E-state index contributed by atoms with van der Waals surface area (Å²) in [6.07, 6.45) is 3.20. The van der Waals surface area contributed by atoms with Gasteiger partial charge in [-0.1, -0.05) is 36.4 Å². The van der Waals surface area contributed by atoms with Crippen molar-refractivity contribution >= 4 is 20.8 Å². The highest BCUT2D eigenvalue weighted by Gasteiger charge is 2.39. The molecule has 0 aliphatic carbocycles. The van der Waals surface area contributed by atoms with Gasteiger partial charge in [0.05, 0.1) is 23.3 Å². The lowest BCUT2D eigenvalue weighted by molar-refractivity contribution is 0.175. The van der Waals surface area contributed by atoms with Gasteiger partial charge in [0.25, 0.3) is 0 Å². The zero-order valence-corrected chi connectivity index (χ0v) is 12.5. The summed E-state index contributed by atoms with van der Waals surface area (Å²) < 4.78 is 27.1. The molecular formula is C15H14N4O2S. The molecule has 3 aromatic rings. The van der Waals surface area contributed by atoms with E-state index in [9.17, 15) is 8.42 Å². The summed E-state index contributed by atoms with van der Waals surface area (Å²) in [5, 5.41) is 9.80. The van der Waals surface area contributed by atoms with Crippen LogP contribution in [0.15, 0.2) is 59.8 Å². The van der Waals surface area contributed by atoms with E-state index in [1.54, 1.807) is 29.3 Å². The molecule has 22 heavy (non-hydrogen) atoms. The Bertz CT molecular complexity index is 910. The number of rotatable bonds is 3. The Kier molecular flexibility index (Phi) is 2.98. The quantitative estimate of drug-likeness (QED) is 0.737. The van der Waals surface area contributed by atoms with E-state index in [0.29, 0.717) is 18.0 Å². The lowest BCUT2D eigenvalue weighted by Crippen LogP contribution is -2.51. The lowest BCUT2D eigenvalue weighted by Gasteiger charge is -2.37. The van der Waals surface area contributed by atoms with Crippen molar-refractivity contribution < 1.29 is 8.42 Å². The molecule has 0 radical (unpaired) electrons. The standard InChI is InChI=1S/C15H14N4O2S/c20-22(21,18-10-13(11-18)19-16-8-9-17-19)15-7-3-5-12-4-1-2-6-14(12)15/h1-9,13H,10-11H2. The molecule has 1 aromatic heterocycles. The molecule has 1 aliphatic heterocycles. The van der Waals surface area contributed by atoms with Gasteiger partial charge >= 0.3 is 0 Å². The van der Waals surface area contributed by atoms with Crippen LogP contribution in [0, 0.1) is 0 Å². The second-order valence-corrected chi connectivity index (χ2v) is 7.21. The third-order valence-corrected chi connectivity index (χ3v) is 5.85. The molecule has 0 N–H and O–H groups in total. The lowest BCUT2D eigenvalue weighted by atomic mass is 10.1. The molecule has 0 atom stereocenters. The van der Waals surface area contributed by atoms with Gasteiger partial charge in [-0.25, -0.2) is 8.42 Å². The Labute approximate surface area is 128 Å². The third-order valence-electron chi connectivity index (χ3n) is 3.96. The number of sulfonamides is 1. The van der Waals surface area contributed by atoms with Crippen molar-refractivity contribution in [3.8, 4) is 0 Å². The number of hydrogen-bond acceptors (Lipinski definition) is 4. The van der Waals surface area contributed by atoms with Crippen LogP contribution in [0.25, 0.3) is 10.8 Å². The van der Waals surface area contributed by atoms with Gasteiger partial charge in [-0.3, -0.25) is 0 Å². The molecule has 112 valence electrons. The monoisotopic (exact) mass is 314 g/mol. The van der Waals surface area contributed by atoms with Crippen LogP contribution in [0.5, 0.6) is 0 Å². The van der Waals surface area contributed by atoms with E-state index in [1.807, 2.05) is 30.3 Å². The zero-order valence-electron chi connectivity index (χ0n) is 11.7. The second-order valence-electron chi connectivity index (χ2n) is 5.30. The van der Waals surface area contributed by atoms with Crippen molar-refractivity contribution in [2.45, 2.75) is 10.9 Å². The first-order chi connectivity index (χ1) is 10.7. The minimum atomic E-state index is -3.49. The van der Waals surface area contributed by atoms with Gasteiger partial charge in [0.1, 0.15) is 0 Å². The molecule has 2 heterocycles. The van der Waals surface area contributed by atoms with E-state index < -0.39 is 10.0 Å². The number of fused-ring (bicyclic) bond motifs is 1. The topological polar surface area (TPSA) is 68.1 Å². The van der Waals surface area contributed by atoms with Crippen LogP contribution in [-0.2, 0) is 10.0 Å². The van der Waals surface area contributed by atoms with E-state index in [2.05, 4.69) is 10.2 Å². The first-order valence-electron chi connectivity index (χ1n) is 7.00. The van der Waals surface area contributed by atoms with E-state index in [-0.39, 0.29) is 6.04 Å². The van der Waals surface area contributed by atoms with Crippen LogP contribution in [0.1, 0.15) is 6.04 Å². The van der Waals surface area contributed by atoms with E-state index >= 15 is 0 Å². The van der Waals surface area contributed by atoms with Gasteiger partial charge < -0.3 is 0 Å². The van der Waals surface area contributed by atoms with Crippen LogP contribution in [-0.4, -0.2) is 40.8 Å². The molecule has 2 aromatic carbocycles. The Morgan fingerprint density at radius 3 is 2.41 bits per heavy atom. The summed E-state index contributed by atoms with van der Waals surface area (Å²) in [4.78, 5) is 1.92. The summed E-state index contributed by atoms with van der Waals surface area (Å²) in [7, 11) is -3.49. The first kappa shape index (κ1) is 13.4. The SMILES string of the molecule is O=S(=O)(c1cccc2ccccc12)N1CC(n2nccn2)C1. The van der Waals surface area contributed by atoms with Crippen LogP contribution >= 0.6 is 0 Å². The Morgan fingerprint density at radius 1 is 0.955 bits per heavy atom. The van der Waals surface area contributed by atoms with Gasteiger partial charge in [0, 0.05) is 18.5 Å². The average molecular weight is 314 g/mol. The second kappa shape index (κ2) is 4.89. The van der Waals surface area contributed by atoms with Crippen molar-refractivity contribution in [1.82, 2.24) is 19.3 Å². The molecule has 6 nitrogen and oxygen atoms in total. The third kappa shape index (κ3) is 2.01. The van der Waals surface area contributed by atoms with Crippen molar-refractivity contribution in [1.29, 1.82) is 0 Å². The fourth-order valence-corrected chi connectivity index (χ4v) is 4.46. The molecule has 0 amide bonds. The molecule has 7 heteroatoms. The fourth-order valence-electron chi connectivity index (χ4n) is 2.73. The number of hydrogen-bond donors (Lipinski definition) is 0. The van der Waals surface area contributed by atoms with Crippen LogP contribution < -0.4 is 0 Å². The summed E-state index contributed by atoms with van der Waals surface area (Å²) in [5.74, 6) is 0. The van der Waals surface area contributed by atoms with Crippen LogP contribution in [0.4, 0.5) is 0 Å². The summed E-state index contributed by atoms with van der Waals surface area (Å²) in [5.41, 5.74) is 0. The van der Waals surface area contributed by atoms with Crippen molar-refractivity contribution in [2.24, 2.45) is 0 Å². The molecular weight excluding hydrogens is 300 g/mol. The molecule has 1 saturated heterocycles. The predicted octanol–water partition coefficient (Wildman–Crippen LogP) is 1.68. The fraction of sp³-hybridized carbons (Fsp3) is 0.200. The molecule has 0 saturated carbocycles. The van der Waals surface area contributed by atoms with Crippen LogP contribution in [0.2, 0.25) is 0 Å². The first-order valence-corrected chi connectivity index (χ1v) is 8.44.